The molecule has 20 heavy (non-hydrogen) atoms. The zero-order valence-corrected chi connectivity index (χ0v) is 12.4. The molecule has 1 aromatic carbocycles. The molecule has 3 nitrogen and oxygen atoms in total. The van der Waals surface area contributed by atoms with E-state index in [-0.39, 0.29) is 5.91 Å². The van der Waals surface area contributed by atoms with Gasteiger partial charge in [0.1, 0.15) is 0 Å². The quantitative estimate of drug-likeness (QED) is 0.845. The van der Waals surface area contributed by atoms with Gasteiger partial charge in [0.15, 0.2) is 5.17 Å². The lowest BCUT2D eigenvalue weighted by Gasteiger charge is -2.02. The van der Waals surface area contributed by atoms with Crippen LogP contribution in [0.25, 0.3) is 6.08 Å². The normalized spacial score (nSPS) is 23.8. The summed E-state index contributed by atoms with van der Waals surface area (Å²) in [6, 6.07) is 8.57. The van der Waals surface area contributed by atoms with Crippen LogP contribution in [0.3, 0.4) is 0 Å². The van der Waals surface area contributed by atoms with Gasteiger partial charge in [0.2, 0.25) is 0 Å². The summed E-state index contributed by atoms with van der Waals surface area (Å²) in [6.45, 7) is 2.06. The van der Waals surface area contributed by atoms with Gasteiger partial charge in [-0.3, -0.25) is 9.79 Å². The van der Waals surface area contributed by atoms with Crippen molar-refractivity contribution in [2.75, 3.05) is 0 Å². The highest BCUT2D eigenvalue weighted by Gasteiger charge is 2.25. The van der Waals surface area contributed by atoms with Crippen LogP contribution in [-0.2, 0) is 4.79 Å². The van der Waals surface area contributed by atoms with Crippen LogP contribution in [0.15, 0.2) is 34.2 Å². The number of benzene rings is 1. The first kappa shape index (κ1) is 13.4. The molecule has 3 rings (SSSR count). The molecular weight excluding hydrogens is 268 g/mol. The molecule has 0 bridgehead atoms. The Morgan fingerprint density at radius 1 is 1.25 bits per heavy atom. The standard InChI is InChI=1S/C16H18N2OS/c1-11-6-8-12(9-7-11)10-14-15(19)18-16(20-14)17-13-4-2-3-5-13/h6-10,13H,2-5H2,1H3,(H,17,18,19)/b14-10-. The second-order valence-corrected chi connectivity index (χ2v) is 6.38. The number of nitrogens with one attached hydrogen (secondary N) is 1. The third-order valence-corrected chi connectivity index (χ3v) is 4.57. The first-order valence-electron chi connectivity index (χ1n) is 7.06. The fourth-order valence-corrected chi connectivity index (χ4v) is 3.39. The summed E-state index contributed by atoms with van der Waals surface area (Å²) >= 11 is 1.46. The van der Waals surface area contributed by atoms with Gasteiger partial charge in [-0.2, -0.15) is 0 Å². The number of nitrogens with zero attached hydrogens (tertiary/aromatic N) is 1. The third kappa shape index (κ3) is 3.12. The maximum Gasteiger partial charge on any atom is 0.264 e. The van der Waals surface area contributed by atoms with Gasteiger partial charge in [0, 0.05) is 0 Å². The van der Waals surface area contributed by atoms with E-state index in [1.54, 1.807) is 0 Å². The average molecular weight is 286 g/mol. The maximum absolute atomic E-state index is 11.9. The van der Waals surface area contributed by atoms with Gasteiger partial charge in [-0.05, 0) is 43.2 Å². The summed E-state index contributed by atoms with van der Waals surface area (Å²) in [5.41, 5.74) is 2.27. The topological polar surface area (TPSA) is 41.5 Å². The fraction of sp³-hybridized carbons (Fsp3) is 0.375. The third-order valence-electron chi connectivity index (χ3n) is 3.65. The molecule has 0 radical (unpaired) electrons. The Morgan fingerprint density at radius 2 is 1.95 bits per heavy atom. The molecule has 1 saturated heterocycles. The molecule has 2 aliphatic rings. The van der Waals surface area contributed by atoms with Crippen molar-refractivity contribution in [3.05, 3.63) is 40.3 Å². The van der Waals surface area contributed by atoms with Crippen LogP contribution in [0.1, 0.15) is 36.8 Å². The number of amidine groups is 1. The van der Waals surface area contributed by atoms with Crippen molar-refractivity contribution in [3.8, 4) is 0 Å². The molecular formula is C16H18N2OS. The minimum Gasteiger partial charge on any atom is -0.301 e. The number of rotatable bonds is 2. The first-order valence-corrected chi connectivity index (χ1v) is 7.88. The second kappa shape index (κ2) is 5.83. The van der Waals surface area contributed by atoms with Gasteiger partial charge < -0.3 is 5.32 Å². The lowest BCUT2D eigenvalue weighted by Crippen LogP contribution is -2.21. The van der Waals surface area contributed by atoms with Gasteiger partial charge >= 0.3 is 0 Å². The number of aryl methyl sites for hydroxylation is 1. The van der Waals surface area contributed by atoms with Gasteiger partial charge in [-0.1, -0.05) is 42.7 Å². The second-order valence-electron chi connectivity index (χ2n) is 5.35. The van der Waals surface area contributed by atoms with Crippen LogP contribution < -0.4 is 5.32 Å². The van der Waals surface area contributed by atoms with Crippen LogP contribution in [0.5, 0.6) is 0 Å². The minimum absolute atomic E-state index is 0.0349. The summed E-state index contributed by atoms with van der Waals surface area (Å²) < 4.78 is 0. The van der Waals surface area contributed by atoms with E-state index in [1.807, 2.05) is 18.2 Å². The Balaban J connectivity index is 1.74. The highest BCUT2D eigenvalue weighted by atomic mass is 32.2. The summed E-state index contributed by atoms with van der Waals surface area (Å²) in [7, 11) is 0. The van der Waals surface area contributed by atoms with E-state index in [0.29, 0.717) is 6.04 Å². The highest BCUT2D eigenvalue weighted by molar-refractivity contribution is 8.18. The molecule has 0 aromatic heterocycles. The Labute approximate surface area is 123 Å². The van der Waals surface area contributed by atoms with Crippen LogP contribution >= 0.6 is 11.8 Å². The largest absolute Gasteiger partial charge is 0.301 e. The summed E-state index contributed by atoms with van der Waals surface area (Å²) in [6.07, 6.45) is 6.74. The Morgan fingerprint density at radius 3 is 2.65 bits per heavy atom. The van der Waals surface area contributed by atoms with Crippen LogP contribution in [0.2, 0.25) is 0 Å². The molecule has 0 atom stereocenters. The molecule has 104 valence electrons. The SMILES string of the molecule is Cc1ccc(/C=C2\SC(=NC3CCCC3)NC2=O)cc1. The van der Waals surface area contributed by atoms with Gasteiger partial charge in [0.05, 0.1) is 10.9 Å². The number of hydrogen-bond donors (Lipinski definition) is 1. The lowest BCUT2D eigenvalue weighted by molar-refractivity contribution is -0.115. The fourth-order valence-electron chi connectivity index (χ4n) is 2.50. The van der Waals surface area contributed by atoms with Gasteiger partial charge in [-0.25, -0.2) is 0 Å². The van der Waals surface area contributed by atoms with E-state index in [2.05, 4.69) is 29.4 Å². The predicted molar refractivity (Wildman–Crippen MR) is 84.6 cm³/mol. The van der Waals surface area contributed by atoms with Crippen molar-refractivity contribution in [2.45, 2.75) is 38.6 Å². The molecule has 4 heteroatoms. The predicted octanol–water partition coefficient (Wildman–Crippen LogP) is 3.50. The van der Waals surface area contributed by atoms with Crippen LogP contribution in [0, 0.1) is 6.92 Å². The molecule has 1 aliphatic heterocycles. The van der Waals surface area contributed by atoms with Gasteiger partial charge in [-0.15, -0.1) is 0 Å². The van der Waals surface area contributed by atoms with Crippen molar-refractivity contribution in [1.29, 1.82) is 0 Å². The van der Waals surface area contributed by atoms with E-state index in [4.69, 9.17) is 0 Å². The highest BCUT2D eigenvalue weighted by Crippen LogP contribution is 2.28. The van der Waals surface area contributed by atoms with Gasteiger partial charge in [0.25, 0.3) is 5.91 Å². The van der Waals surface area contributed by atoms with Crippen molar-refractivity contribution in [1.82, 2.24) is 5.32 Å². The number of amides is 1. The molecule has 1 aliphatic carbocycles. The van der Waals surface area contributed by atoms with E-state index >= 15 is 0 Å². The Bertz CT molecular complexity index is 569. The van der Waals surface area contributed by atoms with E-state index in [1.165, 1.54) is 30.2 Å². The molecule has 0 unspecified atom stereocenters. The van der Waals surface area contributed by atoms with Crippen LogP contribution in [-0.4, -0.2) is 17.1 Å². The average Bonchev–Trinajstić information content (AvgIpc) is 3.04. The monoisotopic (exact) mass is 286 g/mol. The van der Waals surface area contributed by atoms with E-state index in [0.717, 1.165) is 28.5 Å². The first-order chi connectivity index (χ1) is 9.70. The number of thioether (sulfide) groups is 1. The number of carbonyl (C=O) groups is 1. The Kier molecular flexibility index (Phi) is 3.92. The van der Waals surface area contributed by atoms with Crippen LogP contribution in [0.4, 0.5) is 0 Å². The van der Waals surface area contributed by atoms with Crippen molar-refractivity contribution in [2.24, 2.45) is 4.99 Å². The maximum atomic E-state index is 11.9. The molecule has 1 heterocycles. The number of aliphatic imine (C=N–C) groups is 1. The lowest BCUT2D eigenvalue weighted by atomic mass is 10.1. The number of carbonyl (C=O) groups excluding carboxylic acids is 1. The summed E-state index contributed by atoms with van der Waals surface area (Å²) in [5, 5.41) is 3.63. The molecule has 1 aromatic rings. The number of hydrogen-bond acceptors (Lipinski definition) is 3. The molecule has 1 saturated carbocycles. The smallest absolute Gasteiger partial charge is 0.264 e. The van der Waals surface area contributed by atoms with Crippen molar-refractivity contribution >= 4 is 28.9 Å². The molecule has 1 amide bonds. The zero-order chi connectivity index (χ0) is 13.9. The zero-order valence-electron chi connectivity index (χ0n) is 11.6. The van der Waals surface area contributed by atoms with E-state index in [9.17, 15) is 4.79 Å². The molecule has 1 N–H and O–H groups in total. The van der Waals surface area contributed by atoms with Crippen molar-refractivity contribution in [3.63, 3.8) is 0 Å². The molecule has 2 fully saturated rings. The Hall–Kier alpha value is -1.55. The summed E-state index contributed by atoms with van der Waals surface area (Å²) in [5.74, 6) is -0.0349. The summed E-state index contributed by atoms with van der Waals surface area (Å²) in [4.78, 5) is 17.3. The van der Waals surface area contributed by atoms with E-state index < -0.39 is 0 Å². The van der Waals surface area contributed by atoms with Crippen molar-refractivity contribution < 1.29 is 4.79 Å². The molecule has 0 spiro atoms. The minimum atomic E-state index is -0.0349.